The first kappa shape index (κ1) is 17.6. The van der Waals surface area contributed by atoms with Crippen molar-refractivity contribution in [2.45, 2.75) is 18.2 Å². The second-order valence-corrected chi connectivity index (χ2v) is 6.74. The van der Waals surface area contributed by atoms with Crippen LogP contribution in [0.1, 0.15) is 23.7 Å². The lowest BCUT2D eigenvalue weighted by Gasteiger charge is -2.08. The number of rotatable bonds is 7. The molecule has 1 rings (SSSR count). The third-order valence-electron chi connectivity index (χ3n) is 2.47. The summed E-state index contributed by atoms with van der Waals surface area (Å²) in [5.74, 6) is -1.70. The smallest absolute Gasteiger partial charge is 0.336 e. The monoisotopic (exact) mass is 378 g/mol. The predicted molar refractivity (Wildman–Crippen MR) is 79.6 cm³/mol. The van der Waals surface area contributed by atoms with Crippen LogP contribution in [0.15, 0.2) is 27.6 Å². The first-order valence-corrected chi connectivity index (χ1v) is 8.34. The third kappa shape index (κ3) is 5.10. The average Bonchev–Trinajstić information content (AvgIpc) is 2.42. The van der Waals surface area contributed by atoms with Crippen LogP contribution >= 0.6 is 15.9 Å². The van der Waals surface area contributed by atoms with Crippen LogP contribution in [0.25, 0.3) is 0 Å². The number of carbonyl (C=O) groups excluding carboxylic acids is 1. The number of aromatic carboxylic acids is 1. The molecule has 21 heavy (non-hydrogen) atoms. The maximum absolute atomic E-state index is 12.0. The summed E-state index contributed by atoms with van der Waals surface area (Å²) in [7, 11) is -3.95. The SMILES string of the molecule is CCCNC(=O)CNS(=O)(=O)c1ccc(Br)c(C(=O)O)c1. The van der Waals surface area contributed by atoms with E-state index in [1.54, 1.807) is 0 Å². The van der Waals surface area contributed by atoms with Gasteiger partial charge in [0, 0.05) is 11.0 Å². The lowest BCUT2D eigenvalue weighted by atomic mass is 10.2. The summed E-state index contributed by atoms with van der Waals surface area (Å²) >= 11 is 3.03. The van der Waals surface area contributed by atoms with E-state index in [-0.39, 0.29) is 14.9 Å². The highest BCUT2D eigenvalue weighted by Crippen LogP contribution is 2.20. The molecule has 1 aromatic rings. The first-order chi connectivity index (χ1) is 9.77. The minimum Gasteiger partial charge on any atom is -0.478 e. The van der Waals surface area contributed by atoms with E-state index in [0.717, 1.165) is 12.5 Å². The van der Waals surface area contributed by atoms with E-state index in [9.17, 15) is 18.0 Å². The van der Waals surface area contributed by atoms with Gasteiger partial charge in [0.05, 0.1) is 17.0 Å². The number of carbonyl (C=O) groups is 2. The number of amides is 1. The highest BCUT2D eigenvalue weighted by Gasteiger charge is 2.18. The molecule has 0 aliphatic carbocycles. The predicted octanol–water partition coefficient (Wildman–Crippen LogP) is 0.952. The van der Waals surface area contributed by atoms with Crippen LogP contribution in [-0.2, 0) is 14.8 Å². The lowest BCUT2D eigenvalue weighted by molar-refractivity contribution is -0.119. The van der Waals surface area contributed by atoms with E-state index >= 15 is 0 Å². The van der Waals surface area contributed by atoms with Gasteiger partial charge in [-0.15, -0.1) is 0 Å². The van der Waals surface area contributed by atoms with Gasteiger partial charge in [0.1, 0.15) is 0 Å². The number of benzene rings is 1. The Kier molecular flexibility index (Phi) is 6.31. The lowest BCUT2D eigenvalue weighted by Crippen LogP contribution is -2.37. The van der Waals surface area contributed by atoms with E-state index in [1.807, 2.05) is 6.92 Å². The van der Waals surface area contributed by atoms with Crippen molar-refractivity contribution in [1.29, 1.82) is 0 Å². The molecule has 0 spiro atoms. The molecule has 0 aliphatic heterocycles. The van der Waals surface area contributed by atoms with Crippen molar-refractivity contribution < 1.29 is 23.1 Å². The van der Waals surface area contributed by atoms with Gasteiger partial charge in [-0.3, -0.25) is 4.79 Å². The molecular weight excluding hydrogens is 364 g/mol. The van der Waals surface area contributed by atoms with Gasteiger partial charge in [-0.2, -0.15) is 0 Å². The molecule has 0 fully saturated rings. The van der Waals surface area contributed by atoms with Crippen LogP contribution in [0.2, 0.25) is 0 Å². The molecule has 7 nitrogen and oxygen atoms in total. The van der Waals surface area contributed by atoms with Gasteiger partial charge in [-0.05, 0) is 40.5 Å². The molecule has 0 saturated heterocycles. The van der Waals surface area contributed by atoms with E-state index in [2.05, 4.69) is 26.0 Å². The molecule has 0 aromatic heterocycles. The molecule has 1 aromatic carbocycles. The van der Waals surface area contributed by atoms with Crippen LogP contribution in [0.4, 0.5) is 0 Å². The Bertz CT molecular complexity index is 645. The van der Waals surface area contributed by atoms with Gasteiger partial charge in [-0.25, -0.2) is 17.9 Å². The van der Waals surface area contributed by atoms with E-state index in [4.69, 9.17) is 5.11 Å². The molecule has 0 atom stereocenters. The summed E-state index contributed by atoms with van der Waals surface area (Å²) in [6.07, 6.45) is 0.743. The normalized spacial score (nSPS) is 11.1. The van der Waals surface area contributed by atoms with E-state index in [0.29, 0.717) is 6.54 Å². The van der Waals surface area contributed by atoms with E-state index in [1.165, 1.54) is 12.1 Å². The third-order valence-corrected chi connectivity index (χ3v) is 4.56. The van der Waals surface area contributed by atoms with Gasteiger partial charge in [0.2, 0.25) is 15.9 Å². The molecular formula is C12H15BrN2O5S. The molecule has 0 radical (unpaired) electrons. The van der Waals surface area contributed by atoms with Gasteiger partial charge < -0.3 is 10.4 Å². The number of halogens is 1. The van der Waals surface area contributed by atoms with Crippen molar-refractivity contribution in [3.05, 3.63) is 28.2 Å². The summed E-state index contributed by atoms with van der Waals surface area (Å²) in [6.45, 7) is 1.93. The molecule has 0 saturated carbocycles. The summed E-state index contributed by atoms with van der Waals surface area (Å²) < 4.78 is 26.4. The minimum atomic E-state index is -3.95. The summed E-state index contributed by atoms with van der Waals surface area (Å²) in [5, 5.41) is 11.5. The van der Waals surface area contributed by atoms with Gasteiger partial charge in [0.25, 0.3) is 0 Å². The first-order valence-electron chi connectivity index (χ1n) is 6.07. The molecule has 3 N–H and O–H groups in total. The fourth-order valence-electron chi connectivity index (χ4n) is 1.41. The molecule has 0 unspecified atom stereocenters. The molecule has 0 aliphatic rings. The number of sulfonamides is 1. The summed E-state index contributed by atoms with van der Waals surface area (Å²) in [4.78, 5) is 22.1. The Hall–Kier alpha value is -1.45. The Morgan fingerprint density at radius 3 is 2.57 bits per heavy atom. The zero-order chi connectivity index (χ0) is 16.0. The standard InChI is InChI=1S/C12H15BrN2O5S/c1-2-5-14-11(16)7-15-21(19,20)8-3-4-10(13)9(6-8)12(17)18/h3-4,6,15H,2,5,7H2,1H3,(H,14,16)(H,17,18). The number of hydrogen-bond acceptors (Lipinski definition) is 4. The Morgan fingerprint density at radius 1 is 1.33 bits per heavy atom. The van der Waals surface area contributed by atoms with Gasteiger partial charge in [0.15, 0.2) is 0 Å². The Labute approximate surface area is 130 Å². The largest absolute Gasteiger partial charge is 0.478 e. The quantitative estimate of drug-likeness (QED) is 0.653. The number of carboxylic acid groups (broad SMARTS) is 1. The summed E-state index contributed by atoms with van der Waals surface area (Å²) in [6, 6.07) is 3.61. The zero-order valence-corrected chi connectivity index (χ0v) is 13.6. The molecule has 1 amide bonds. The topological polar surface area (TPSA) is 113 Å². The Balaban J connectivity index is 2.86. The molecule has 9 heteroatoms. The Morgan fingerprint density at radius 2 is 2.00 bits per heavy atom. The van der Waals surface area contributed by atoms with Crippen LogP contribution in [0.3, 0.4) is 0 Å². The van der Waals surface area contributed by atoms with Crippen molar-refractivity contribution in [3.8, 4) is 0 Å². The van der Waals surface area contributed by atoms with Crippen LogP contribution < -0.4 is 10.0 Å². The zero-order valence-electron chi connectivity index (χ0n) is 11.2. The van der Waals surface area contributed by atoms with Gasteiger partial charge in [-0.1, -0.05) is 6.92 Å². The molecule has 0 heterocycles. The molecule has 116 valence electrons. The van der Waals surface area contributed by atoms with Gasteiger partial charge >= 0.3 is 5.97 Å². The summed E-state index contributed by atoms with van der Waals surface area (Å²) in [5.41, 5.74) is -0.173. The number of hydrogen-bond donors (Lipinski definition) is 3. The number of carboxylic acids is 1. The highest BCUT2D eigenvalue weighted by atomic mass is 79.9. The maximum atomic E-state index is 12.0. The van der Waals surface area contributed by atoms with Crippen molar-refractivity contribution in [3.63, 3.8) is 0 Å². The van der Waals surface area contributed by atoms with E-state index < -0.39 is 28.4 Å². The fourth-order valence-corrected chi connectivity index (χ4v) is 2.83. The van der Waals surface area contributed by atoms with Crippen LogP contribution in [0.5, 0.6) is 0 Å². The van der Waals surface area contributed by atoms with Crippen molar-refractivity contribution >= 4 is 37.8 Å². The fraction of sp³-hybridized carbons (Fsp3) is 0.333. The van der Waals surface area contributed by atoms with Crippen LogP contribution in [-0.4, -0.2) is 38.5 Å². The second-order valence-electron chi connectivity index (χ2n) is 4.12. The van der Waals surface area contributed by atoms with Crippen molar-refractivity contribution in [2.24, 2.45) is 0 Å². The second kappa shape index (κ2) is 7.53. The average molecular weight is 379 g/mol. The van der Waals surface area contributed by atoms with Crippen molar-refractivity contribution in [1.82, 2.24) is 10.0 Å². The minimum absolute atomic E-state index is 0.173. The molecule has 0 bridgehead atoms. The van der Waals surface area contributed by atoms with Crippen molar-refractivity contribution in [2.75, 3.05) is 13.1 Å². The maximum Gasteiger partial charge on any atom is 0.336 e. The van der Waals surface area contributed by atoms with Crippen LogP contribution in [0, 0.1) is 0 Å². The number of nitrogens with one attached hydrogen (secondary N) is 2. The highest BCUT2D eigenvalue weighted by molar-refractivity contribution is 9.10.